The number of thiophene rings is 1. The first-order valence-electron chi connectivity index (χ1n) is 10.0. The number of carbonyl (C=O) groups excluding carboxylic acids is 1. The van der Waals surface area contributed by atoms with Crippen molar-refractivity contribution in [2.24, 2.45) is 5.92 Å². The van der Waals surface area contributed by atoms with Gasteiger partial charge >= 0.3 is 5.97 Å². The maximum atomic E-state index is 12.2. The van der Waals surface area contributed by atoms with E-state index in [0.29, 0.717) is 24.3 Å². The molecule has 1 aliphatic rings. The van der Waals surface area contributed by atoms with Crippen molar-refractivity contribution in [2.75, 3.05) is 6.54 Å². The molecule has 1 amide bonds. The molecule has 0 saturated carbocycles. The molecule has 1 aromatic rings. The number of aliphatic hydroxyl groups excluding tert-OH is 1. The van der Waals surface area contributed by atoms with Gasteiger partial charge in [0.25, 0.3) is 0 Å². The summed E-state index contributed by atoms with van der Waals surface area (Å²) in [4.78, 5) is 26.1. The fraction of sp³-hybridized carbons (Fsp3) is 0.478. The third-order valence-electron chi connectivity index (χ3n) is 4.83. The van der Waals surface area contributed by atoms with E-state index in [1.165, 1.54) is 11.3 Å². The molecule has 1 aromatic heterocycles. The van der Waals surface area contributed by atoms with Crippen LogP contribution in [-0.2, 0) is 4.79 Å². The molecule has 0 bridgehead atoms. The molecule has 0 aromatic carbocycles. The zero-order valence-corrected chi connectivity index (χ0v) is 17.8. The van der Waals surface area contributed by atoms with Crippen molar-refractivity contribution >= 4 is 29.3 Å². The lowest BCUT2D eigenvalue weighted by atomic mass is 10.00. The predicted molar refractivity (Wildman–Crippen MR) is 117 cm³/mol. The summed E-state index contributed by atoms with van der Waals surface area (Å²) in [5.74, 6) is 5.41. The summed E-state index contributed by atoms with van der Waals surface area (Å²) in [5.41, 5.74) is 0. The van der Waals surface area contributed by atoms with Crippen molar-refractivity contribution in [1.82, 2.24) is 4.90 Å². The van der Waals surface area contributed by atoms with Gasteiger partial charge in [0.2, 0.25) is 5.91 Å². The number of carbonyl (C=O) groups is 2. The van der Waals surface area contributed by atoms with E-state index < -0.39 is 12.1 Å². The van der Waals surface area contributed by atoms with Gasteiger partial charge in [-0.15, -0.1) is 23.2 Å². The van der Waals surface area contributed by atoms with Crippen LogP contribution in [0.3, 0.4) is 0 Å². The second-order valence-electron chi connectivity index (χ2n) is 7.22. The van der Waals surface area contributed by atoms with Gasteiger partial charge in [-0.05, 0) is 37.0 Å². The van der Waals surface area contributed by atoms with Crippen molar-refractivity contribution in [3.8, 4) is 11.8 Å². The van der Waals surface area contributed by atoms with Gasteiger partial charge in [-0.25, -0.2) is 4.79 Å². The van der Waals surface area contributed by atoms with Crippen LogP contribution in [0.25, 0.3) is 6.08 Å². The van der Waals surface area contributed by atoms with Crippen molar-refractivity contribution in [3.05, 3.63) is 40.1 Å². The predicted octanol–water partition coefficient (Wildman–Crippen LogP) is 4.20. The highest BCUT2D eigenvalue weighted by Gasteiger charge is 2.28. The summed E-state index contributed by atoms with van der Waals surface area (Å²) in [5, 5.41) is 19.3. The molecular weight excluding hydrogens is 386 g/mol. The first-order valence-corrected chi connectivity index (χ1v) is 10.8. The number of carboxylic acids is 1. The number of amides is 1. The Morgan fingerprint density at radius 2 is 2.21 bits per heavy atom. The summed E-state index contributed by atoms with van der Waals surface area (Å²) in [6, 6.07) is 3.31. The van der Waals surface area contributed by atoms with Crippen LogP contribution in [0, 0.1) is 17.8 Å². The van der Waals surface area contributed by atoms with Crippen molar-refractivity contribution in [2.45, 2.75) is 58.1 Å². The summed E-state index contributed by atoms with van der Waals surface area (Å²) in [6.45, 7) is 4.53. The standard InChI is InChI=1S/C23H29NO4S/c1-3-4-5-6-8-17(2)20(25)13-10-18-11-15-22(26)24(18)16-7-9-19-12-14-21(29-19)23(27)28/h7,9-10,12-14,17-18,20,25H,3-4,8,11,15-16H2,1-2H3,(H,27,28)/b9-7-,13-10+/t17-,18-,20+/m0/s1. The Hall–Kier alpha value is -2.36. The number of rotatable bonds is 9. The highest BCUT2D eigenvalue weighted by atomic mass is 32.1. The topological polar surface area (TPSA) is 77.8 Å². The third kappa shape index (κ3) is 7.19. The number of aromatic carboxylic acids is 1. The highest BCUT2D eigenvalue weighted by Crippen LogP contribution is 2.22. The Balaban J connectivity index is 1.90. The van der Waals surface area contributed by atoms with Gasteiger partial charge in [0, 0.05) is 30.7 Å². The number of hydrogen-bond acceptors (Lipinski definition) is 4. The van der Waals surface area contributed by atoms with Crippen LogP contribution in [0.5, 0.6) is 0 Å². The quantitative estimate of drug-likeness (QED) is 0.468. The van der Waals surface area contributed by atoms with Crippen LogP contribution in [0.2, 0.25) is 0 Å². The number of likely N-dealkylation sites (tertiary alicyclic amines) is 1. The zero-order chi connectivity index (χ0) is 21.2. The second kappa shape index (κ2) is 11.6. The molecule has 0 spiro atoms. The minimum atomic E-state index is -0.932. The van der Waals surface area contributed by atoms with Crippen LogP contribution in [0.1, 0.15) is 60.5 Å². The largest absolute Gasteiger partial charge is 0.477 e. The fourth-order valence-electron chi connectivity index (χ4n) is 3.03. The first-order chi connectivity index (χ1) is 13.9. The van der Waals surface area contributed by atoms with Crippen LogP contribution in [0.4, 0.5) is 0 Å². The Morgan fingerprint density at radius 3 is 2.90 bits per heavy atom. The van der Waals surface area contributed by atoms with E-state index in [2.05, 4.69) is 18.8 Å². The Morgan fingerprint density at radius 1 is 1.41 bits per heavy atom. The van der Waals surface area contributed by atoms with E-state index in [0.717, 1.165) is 24.1 Å². The maximum Gasteiger partial charge on any atom is 0.345 e. The summed E-state index contributed by atoms with van der Waals surface area (Å²) >= 11 is 1.20. The molecular formula is C23H29NO4S. The third-order valence-corrected chi connectivity index (χ3v) is 5.87. The molecule has 0 unspecified atom stereocenters. The Kier molecular flexibility index (Phi) is 9.17. The van der Waals surface area contributed by atoms with Gasteiger partial charge in [-0.2, -0.15) is 0 Å². The van der Waals surface area contributed by atoms with Gasteiger partial charge < -0.3 is 15.1 Å². The lowest BCUT2D eigenvalue weighted by Gasteiger charge is -2.21. The summed E-state index contributed by atoms with van der Waals surface area (Å²) in [6.07, 6.45) is 10.7. The molecule has 1 saturated heterocycles. The molecule has 6 heteroatoms. The minimum Gasteiger partial charge on any atom is -0.477 e. The van der Waals surface area contributed by atoms with Crippen LogP contribution in [-0.4, -0.2) is 45.7 Å². The molecule has 1 aliphatic heterocycles. The number of carboxylic acid groups (broad SMARTS) is 1. The molecule has 3 atom stereocenters. The molecule has 1 fully saturated rings. The lowest BCUT2D eigenvalue weighted by Crippen LogP contribution is -2.32. The number of hydrogen-bond donors (Lipinski definition) is 2. The smallest absolute Gasteiger partial charge is 0.345 e. The molecule has 0 radical (unpaired) electrons. The molecule has 0 aliphatic carbocycles. The summed E-state index contributed by atoms with van der Waals surface area (Å²) < 4.78 is 0. The summed E-state index contributed by atoms with van der Waals surface area (Å²) in [7, 11) is 0. The van der Waals surface area contributed by atoms with Crippen LogP contribution in [0.15, 0.2) is 30.4 Å². The lowest BCUT2D eigenvalue weighted by molar-refractivity contribution is -0.127. The molecule has 29 heavy (non-hydrogen) atoms. The van der Waals surface area contributed by atoms with Gasteiger partial charge in [0.05, 0.1) is 12.1 Å². The van der Waals surface area contributed by atoms with E-state index in [-0.39, 0.29) is 17.9 Å². The van der Waals surface area contributed by atoms with Gasteiger partial charge in [0.1, 0.15) is 4.88 Å². The second-order valence-corrected chi connectivity index (χ2v) is 8.34. The number of nitrogens with zero attached hydrogens (tertiary/aromatic N) is 1. The normalized spacial score (nSPS) is 18.9. The van der Waals surface area contributed by atoms with E-state index in [1.807, 2.05) is 25.2 Å². The molecule has 2 rings (SSSR count). The van der Waals surface area contributed by atoms with E-state index in [1.54, 1.807) is 23.1 Å². The molecule has 156 valence electrons. The monoisotopic (exact) mass is 415 g/mol. The number of unbranched alkanes of at least 4 members (excludes halogenated alkanes) is 1. The fourth-order valence-corrected chi connectivity index (χ4v) is 3.81. The molecule has 2 heterocycles. The van der Waals surface area contributed by atoms with Crippen LogP contribution >= 0.6 is 11.3 Å². The van der Waals surface area contributed by atoms with E-state index in [4.69, 9.17) is 5.11 Å². The van der Waals surface area contributed by atoms with Gasteiger partial charge in [0.15, 0.2) is 0 Å². The minimum absolute atomic E-state index is 0.0295. The van der Waals surface area contributed by atoms with E-state index in [9.17, 15) is 14.7 Å². The van der Waals surface area contributed by atoms with Crippen molar-refractivity contribution < 1.29 is 19.8 Å². The number of aliphatic hydroxyl groups is 1. The SMILES string of the molecule is CCCC#CC[C@H](C)[C@H](O)/C=C/[C@H]1CCC(=O)N1C/C=C\c1ccc(C(=O)O)s1. The van der Waals surface area contributed by atoms with E-state index >= 15 is 0 Å². The molecule has 5 nitrogen and oxygen atoms in total. The Labute approximate surface area is 176 Å². The van der Waals surface area contributed by atoms with Gasteiger partial charge in [-0.1, -0.05) is 32.1 Å². The highest BCUT2D eigenvalue weighted by molar-refractivity contribution is 7.14. The van der Waals surface area contributed by atoms with Crippen molar-refractivity contribution in [3.63, 3.8) is 0 Å². The van der Waals surface area contributed by atoms with Crippen molar-refractivity contribution in [1.29, 1.82) is 0 Å². The average Bonchev–Trinajstić information content (AvgIpc) is 3.31. The first kappa shape index (κ1) is 22.9. The zero-order valence-electron chi connectivity index (χ0n) is 17.0. The van der Waals surface area contributed by atoms with Crippen LogP contribution < -0.4 is 0 Å². The molecule has 2 N–H and O–H groups in total. The van der Waals surface area contributed by atoms with Gasteiger partial charge in [-0.3, -0.25) is 4.79 Å². The Bertz CT molecular complexity index is 814. The average molecular weight is 416 g/mol. The maximum absolute atomic E-state index is 12.2.